The Morgan fingerprint density at radius 1 is 1.24 bits per heavy atom. The van der Waals surface area contributed by atoms with Crippen molar-refractivity contribution in [2.24, 2.45) is 0 Å². The molecule has 0 heterocycles. The fourth-order valence-corrected chi connectivity index (χ4v) is 3.12. The lowest BCUT2D eigenvalue weighted by atomic mass is 10.1. The highest BCUT2D eigenvalue weighted by Crippen LogP contribution is 2.07. The molecule has 0 aliphatic heterocycles. The Bertz CT molecular complexity index is 577. The van der Waals surface area contributed by atoms with E-state index in [9.17, 15) is 18.0 Å². The number of carbonyl (C=O) groups is 2. The van der Waals surface area contributed by atoms with Gasteiger partial charge >= 0.3 is 12.1 Å². The van der Waals surface area contributed by atoms with E-state index in [0.29, 0.717) is 19.4 Å². The van der Waals surface area contributed by atoms with E-state index >= 15 is 0 Å². The molecular weight excluding hydrogens is 350 g/mol. The first kappa shape index (κ1) is 23.1. The van der Waals surface area contributed by atoms with Crippen molar-refractivity contribution in [3.63, 3.8) is 0 Å². The van der Waals surface area contributed by atoms with Crippen LogP contribution in [0.15, 0.2) is 0 Å². The highest BCUT2D eigenvalue weighted by molar-refractivity contribution is 7.89. The van der Waals surface area contributed by atoms with Crippen molar-refractivity contribution in [2.75, 3.05) is 12.3 Å². The molecule has 144 valence electrons. The van der Waals surface area contributed by atoms with Gasteiger partial charge in [0, 0.05) is 13.0 Å². The first-order valence-corrected chi connectivity index (χ1v) is 9.68. The predicted molar refractivity (Wildman–Crippen MR) is 91.3 cm³/mol. The van der Waals surface area contributed by atoms with Crippen molar-refractivity contribution in [3.8, 4) is 6.07 Å². The van der Waals surface area contributed by atoms with Crippen LogP contribution in [0, 0.1) is 11.3 Å². The van der Waals surface area contributed by atoms with Gasteiger partial charge in [0.15, 0.2) is 0 Å². The average Bonchev–Trinajstić information content (AvgIpc) is 2.43. The van der Waals surface area contributed by atoms with Gasteiger partial charge in [-0.1, -0.05) is 0 Å². The van der Waals surface area contributed by atoms with E-state index in [0.717, 1.165) is 0 Å². The van der Waals surface area contributed by atoms with Gasteiger partial charge in [-0.05, 0) is 46.5 Å². The van der Waals surface area contributed by atoms with Crippen LogP contribution in [0.2, 0.25) is 0 Å². The number of nitrogens with one attached hydrogen (secondary N) is 2. The summed E-state index contributed by atoms with van der Waals surface area (Å²) in [4.78, 5) is 22.6. The average molecular weight is 377 g/mol. The summed E-state index contributed by atoms with van der Waals surface area (Å²) >= 11 is 0. The number of amides is 1. The molecule has 1 unspecified atom stereocenters. The third-order valence-electron chi connectivity index (χ3n) is 2.91. The lowest BCUT2D eigenvalue weighted by Gasteiger charge is -2.19. The van der Waals surface area contributed by atoms with Crippen molar-refractivity contribution in [2.45, 2.75) is 64.5 Å². The number of carboxylic acid groups (broad SMARTS) is 1. The number of rotatable bonds is 11. The maximum atomic E-state index is 11.8. The molecule has 1 atom stereocenters. The first-order chi connectivity index (χ1) is 11.5. The number of hydrogen-bond acceptors (Lipinski definition) is 6. The second kappa shape index (κ2) is 10.9. The number of ether oxygens (including phenoxy) is 1. The van der Waals surface area contributed by atoms with Gasteiger partial charge in [0.2, 0.25) is 10.0 Å². The summed E-state index contributed by atoms with van der Waals surface area (Å²) in [5, 5.41) is 20.1. The number of alkyl carbamates (subject to hydrolysis) is 1. The van der Waals surface area contributed by atoms with Gasteiger partial charge in [0.05, 0.1) is 11.8 Å². The summed E-state index contributed by atoms with van der Waals surface area (Å²) in [6.45, 7) is 5.53. The number of hydrogen-bond donors (Lipinski definition) is 3. The number of unbranched alkanes of at least 4 members (excludes halogenated alkanes) is 2. The van der Waals surface area contributed by atoms with Crippen molar-refractivity contribution in [1.29, 1.82) is 5.26 Å². The molecule has 10 heteroatoms. The molecule has 0 aromatic heterocycles. The fourth-order valence-electron chi connectivity index (χ4n) is 1.83. The van der Waals surface area contributed by atoms with Crippen molar-refractivity contribution < 1.29 is 27.9 Å². The van der Waals surface area contributed by atoms with Crippen LogP contribution in [0.4, 0.5) is 4.79 Å². The highest BCUT2D eigenvalue weighted by atomic mass is 32.2. The number of nitrogens with zero attached hydrogens (tertiary/aromatic N) is 1. The van der Waals surface area contributed by atoms with E-state index in [1.807, 2.05) is 6.07 Å². The van der Waals surface area contributed by atoms with Gasteiger partial charge in [0.25, 0.3) is 0 Å². The van der Waals surface area contributed by atoms with Crippen LogP contribution >= 0.6 is 0 Å². The number of carbonyl (C=O) groups excluding carboxylic acids is 1. The van der Waals surface area contributed by atoms with E-state index in [2.05, 4.69) is 10.0 Å². The Hall–Kier alpha value is -1.86. The molecule has 3 N–H and O–H groups in total. The first-order valence-electron chi connectivity index (χ1n) is 8.03. The second-order valence-electron chi connectivity index (χ2n) is 6.51. The minimum atomic E-state index is -3.75. The van der Waals surface area contributed by atoms with Crippen LogP contribution in [0.1, 0.15) is 52.9 Å². The fraction of sp³-hybridized carbons (Fsp3) is 0.800. The summed E-state index contributed by atoms with van der Waals surface area (Å²) in [5.41, 5.74) is -0.595. The third kappa shape index (κ3) is 13.1. The van der Waals surface area contributed by atoms with Crippen LogP contribution in [-0.2, 0) is 19.6 Å². The molecule has 0 radical (unpaired) electrons. The number of nitriles is 1. The lowest BCUT2D eigenvalue weighted by Crippen LogP contribution is -2.41. The second-order valence-corrected chi connectivity index (χ2v) is 8.39. The Balaban J connectivity index is 4.19. The molecular formula is C15H27N3O6S. The number of aliphatic carboxylic acids is 1. The third-order valence-corrected chi connectivity index (χ3v) is 4.38. The molecule has 0 aromatic carbocycles. The summed E-state index contributed by atoms with van der Waals surface area (Å²) in [6.07, 6.45) is 0.683. The molecule has 0 saturated heterocycles. The van der Waals surface area contributed by atoms with E-state index < -0.39 is 33.7 Å². The number of carboxylic acids is 1. The Morgan fingerprint density at radius 3 is 2.40 bits per heavy atom. The smallest absolute Gasteiger partial charge is 0.407 e. The van der Waals surface area contributed by atoms with Crippen LogP contribution in [0.25, 0.3) is 0 Å². The Morgan fingerprint density at radius 2 is 1.88 bits per heavy atom. The molecule has 0 bridgehead atoms. The van der Waals surface area contributed by atoms with Gasteiger partial charge < -0.3 is 15.2 Å². The SMILES string of the molecule is CC(C)(C)OC(=O)NCCCCC(NS(=O)(=O)CCCC#N)C(=O)O. The molecule has 0 fully saturated rings. The van der Waals surface area contributed by atoms with E-state index in [-0.39, 0.29) is 25.0 Å². The highest BCUT2D eigenvalue weighted by Gasteiger charge is 2.23. The van der Waals surface area contributed by atoms with E-state index in [1.165, 1.54) is 0 Å². The Labute approximate surface area is 148 Å². The molecule has 0 aliphatic rings. The Kier molecular flexibility index (Phi) is 10.1. The summed E-state index contributed by atoms with van der Waals surface area (Å²) in [6, 6.07) is 0.606. The molecule has 25 heavy (non-hydrogen) atoms. The van der Waals surface area contributed by atoms with Gasteiger partial charge in [-0.15, -0.1) is 0 Å². The largest absolute Gasteiger partial charge is 0.480 e. The quantitative estimate of drug-likeness (QED) is 0.461. The van der Waals surface area contributed by atoms with E-state index in [1.54, 1.807) is 20.8 Å². The van der Waals surface area contributed by atoms with Crippen LogP contribution in [0.5, 0.6) is 0 Å². The summed E-state index contributed by atoms with van der Waals surface area (Å²) in [7, 11) is -3.75. The van der Waals surface area contributed by atoms with E-state index in [4.69, 9.17) is 15.1 Å². The van der Waals surface area contributed by atoms with Gasteiger partial charge in [-0.2, -0.15) is 5.26 Å². The summed E-state index contributed by atoms with van der Waals surface area (Å²) < 4.78 is 30.7. The molecule has 0 saturated carbocycles. The van der Waals surface area contributed by atoms with Crippen molar-refractivity contribution in [1.82, 2.24) is 10.0 Å². The molecule has 0 aliphatic carbocycles. The predicted octanol–water partition coefficient (Wildman–Crippen LogP) is 1.36. The number of sulfonamides is 1. The lowest BCUT2D eigenvalue weighted by molar-refractivity contribution is -0.139. The van der Waals surface area contributed by atoms with Crippen LogP contribution < -0.4 is 10.0 Å². The topological polar surface area (TPSA) is 146 Å². The molecule has 1 amide bonds. The maximum absolute atomic E-state index is 11.8. The van der Waals surface area contributed by atoms with Gasteiger partial charge in [-0.3, -0.25) is 4.79 Å². The maximum Gasteiger partial charge on any atom is 0.407 e. The zero-order valence-corrected chi connectivity index (χ0v) is 15.7. The minimum absolute atomic E-state index is 0.0922. The molecule has 9 nitrogen and oxygen atoms in total. The van der Waals surface area contributed by atoms with Crippen molar-refractivity contribution >= 4 is 22.1 Å². The zero-order valence-electron chi connectivity index (χ0n) is 14.9. The van der Waals surface area contributed by atoms with Crippen LogP contribution in [0.3, 0.4) is 0 Å². The zero-order chi connectivity index (χ0) is 19.5. The molecule has 0 spiro atoms. The van der Waals surface area contributed by atoms with Crippen LogP contribution in [-0.4, -0.2) is 49.5 Å². The standard InChI is InChI=1S/C15H27N3O6S/c1-15(2,3)24-14(21)17-10-6-4-8-12(13(19)20)18-25(22,23)11-7-5-9-16/h12,18H,4-8,10-11H2,1-3H3,(H,17,21)(H,19,20). The monoisotopic (exact) mass is 377 g/mol. The molecule has 0 rings (SSSR count). The van der Waals surface area contributed by atoms with Gasteiger partial charge in [0.1, 0.15) is 11.6 Å². The normalized spacial score (nSPS) is 12.9. The van der Waals surface area contributed by atoms with Gasteiger partial charge in [-0.25, -0.2) is 17.9 Å². The van der Waals surface area contributed by atoms with Crippen molar-refractivity contribution in [3.05, 3.63) is 0 Å². The molecule has 0 aromatic rings. The minimum Gasteiger partial charge on any atom is -0.480 e. The summed E-state index contributed by atoms with van der Waals surface area (Å²) in [5.74, 6) is -1.55.